The molecular weight excluding hydrogens is 344 g/mol. The van der Waals surface area contributed by atoms with Gasteiger partial charge in [0.2, 0.25) is 0 Å². The van der Waals surface area contributed by atoms with Crippen LogP contribution in [0, 0.1) is 0 Å². The first kappa shape index (κ1) is 20.0. The minimum absolute atomic E-state index is 0.365. The molecule has 0 amide bonds. The van der Waals surface area contributed by atoms with Crippen LogP contribution in [-0.4, -0.2) is 71.8 Å². The first-order valence-corrected chi connectivity index (χ1v) is 11.3. The maximum atomic E-state index is 10.4. The second-order valence-corrected chi connectivity index (χ2v) is 8.92. The summed E-state index contributed by atoms with van der Waals surface area (Å²) < 4.78 is 6.02. The van der Waals surface area contributed by atoms with Gasteiger partial charge in [0.05, 0.1) is 0 Å². The third-order valence-electron chi connectivity index (χ3n) is 5.60. The van der Waals surface area contributed by atoms with E-state index < -0.39 is 6.10 Å². The van der Waals surface area contributed by atoms with Crippen LogP contribution < -0.4 is 4.74 Å². The molecule has 5 heteroatoms. The third-order valence-corrected chi connectivity index (χ3v) is 6.54. The summed E-state index contributed by atoms with van der Waals surface area (Å²) in [5, 5.41) is 10.4. The Labute approximate surface area is 162 Å². The predicted molar refractivity (Wildman–Crippen MR) is 110 cm³/mol. The van der Waals surface area contributed by atoms with Crippen LogP contribution in [0.4, 0.5) is 0 Å². The normalized spacial score (nSPS) is 21.0. The van der Waals surface area contributed by atoms with E-state index in [4.69, 9.17) is 4.74 Å². The Morgan fingerprint density at radius 2 is 1.92 bits per heavy atom. The third kappa shape index (κ3) is 6.15. The van der Waals surface area contributed by atoms with Crippen molar-refractivity contribution in [3.8, 4) is 5.75 Å². The number of aliphatic hydroxyl groups excluding tert-OH is 1. The van der Waals surface area contributed by atoms with E-state index in [1.807, 2.05) is 23.9 Å². The van der Waals surface area contributed by atoms with Gasteiger partial charge in [-0.05, 0) is 26.0 Å². The zero-order valence-electron chi connectivity index (χ0n) is 16.1. The van der Waals surface area contributed by atoms with Crippen LogP contribution in [0.25, 0.3) is 0 Å². The van der Waals surface area contributed by atoms with E-state index in [0.717, 1.165) is 25.4 Å². The summed E-state index contributed by atoms with van der Waals surface area (Å²) in [6.07, 6.45) is 6.10. The SMILES string of the molecule is CN(CC(O)COc1ccccc1CN1CCSCC1)C1CCCCC1. The van der Waals surface area contributed by atoms with Gasteiger partial charge >= 0.3 is 0 Å². The number of hydrogen-bond donors (Lipinski definition) is 1. The fourth-order valence-corrected chi connectivity index (χ4v) is 5.00. The van der Waals surface area contributed by atoms with Crippen LogP contribution >= 0.6 is 11.8 Å². The summed E-state index contributed by atoms with van der Waals surface area (Å²) in [6, 6.07) is 8.91. The van der Waals surface area contributed by atoms with Crippen molar-refractivity contribution in [1.82, 2.24) is 9.80 Å². The van der Waals surface area contributed by atoms with E-state index in [0.29, 0.717) is 19.2 Å². The van der Waals surface area contributed by atoms with E-state index in [2.05, 4.69) is 29.0 Å². The molecule has 2 aliphatic rings. The van der Waals surface area contributed by atoms with Gasteiger partial charge in [0.25, 0.3) is 0 Å². The lowest BCUT2D eigenvalue weighted by atomic mass is 9.94. The van der Waals surface area contributed by atoms with Crippen molar-refractivity contribution in [2.75, 3.05) is 44.8 Å². The predicted octanol–water partition coefficient (Wildman–Crippen LogP) is 3.24. The van der Waals surface area contributed by atoms with Crippen molar-refractivity contribution in [2.45, 2.75) is 50.8 Å². The molecule has 1 aromatic carbocycles. The quantitative estimate of drug-likeness (QED) is 0.751. The lowest BCUT2D eigenvalue weighted by Crippen LogP contribution is -2.40. The second kappa shape index (κ2) is 10.5. The minimum Gasteiger partial charge on any atom is -0.491 e. The lowest BCUT2D eigenvalue weighted by Gasteiger charge is -2.32. The van der Waals surface area contributed by atoms with Gasteiger partial charge in [-0.15, -0.1) is 0 Å². The molecule has 1 atom stereocenters. The summed E-state index contributed by atoms with van der Waals surface area (Å²) in [5.41, 5.74) is 1.23. The second-order valence-electron chi connectivity index (χ2n) is 7.69. The number of hydrogen-bond acceptors (Lipinski definition) is 5. The van der Waals surface area contributed by atoms with Gasteiger partial charge in [-0.3, -0.25) is 4.90 Å². The average molecular weight is 379 g/mol. The molecule has 1 aromatic rings. The average Bonchev–Trinajstić information content (AvgIpc) is 2.69. The van der Waals surface area contributed by atoms with E-state index in [-0.39, 0.29) is 0 Å². The summed E-state index contributed by atoms with van der Waals surface area (Å²) >= 11 is 2.03. The maximum absolute atomic E-state index is 10.4. The van der Waals surface area contributed by atoms with Crippen molar-refractivity contribution in [3.05, 3.63) is 29.8 Å². The highest BCUT2D eigenvalue weighted by Gasteiger charge is 2.20. The molecule has 1 saturated heterocycles. The Kier molecular flexibility index (Phi) is 8.11. The van der Waals surface area contributed by atoms with E-state index in [1.165, 1.54) is 49.2 Å². The Bertz CT molecular complexity index is 530. The zero-order chi connectivity index (χ0) is 18.2. The summed E-state index contributed by atoms with van der Waals surface area (Å²) in [4.78, 5) is 4.82. The molecule has 0 spiro atoms. The lowest BCUT2D eigenvalue weighted by molar-refractivity contribution is 0.0556. The summed E-state index contributed by atoms with van der Waals surface area (Å²) in [7, 11) is 2.14. The van der Waals surface area contributed by atoms with Crippen LogP contribution in [0.2, 0.25) is 0 Å². The van der Waals surface area contributed by atoms with Crippen LogP contribution in [-0.2, 0) is 6.54 Å². The zero-order valence-corrected chi connectivity index (χ0v) is 16.9. The molecule has 146 valence electrons. The standard InChI is InChI=1S/C21H34N2O2S/c1-22(19-8-3-2-4-9-19)16-20(24)17-25-21-10-6-5-7-18(21)15-23-11-13-26-14-12-23/h5-7,10,19-20,24H,2-4,8-9,11-17H2,1H3. The maximum Gasteiger partial charge on any atom is 0.123 e. The van der Waals surface area contributed by atoms with E-state index in [9.17, 15) is 5.11 Å². The topological polar surface area (TPSA) is 35.9 Å². The van der Waals surface area contributed by atoms with Gasteiger partial charge in [-0.25, -0.2) is 0 Å². The number of thioether (sulfide) groups is 1. The molecule has 2 fully saturated rings. The number of para-hydroxylation sites is 1. The number of aliphatic hydroxyl groups is 1. The molecule has 26 heavy (non-hydrogen) atoms. The summed E-state index contributed by atoms with van der Waals surface area (Å²) in [5.74, 6) is 3.36. The molecular formula is C21H34N2O2S. The molecule has 1 saturated carbocycles. The van der Waals surface area contributed by atoms with Gasteiger partial charge in [0, 0.05) is 49.3 Å². The molecule has 0 bridgehead atoms. The Balaban J connectivity index is 1.47. The molecule has 4 nitrogen and oxygen atoms in total. The number of rotatable bonds is 8. The number of benzene rings is 1. The molecule has 1 unspecified atom stereocenters. The molecule has 1 N–H and O–H groups in total. The van der Waals surface area contributed by atoms with Crippen molar-refractivity contribution < 1.29 is 9.84 Å². The fourth-order valence-electron chi connectivity index (χ4n) is 4.02. The van der Waals surface area contributed by atoms with Crippen LogP contribution in [0.5, 0.6) is 5.75 Å². The Hall–Kier alpha value is -0.750. The van der Waals surface area contributed by atoms with Gasteiger partial charge in [-0.2, -0.15) is 11.8 Å². The van der Waals surface area contributed by atoms with E-state index in [1.54, 1.807) is 0 Å². The smallest absolute Gasteiger partial charge is 0.123 e. The van der Waals surface area contributed by atoms with Crippen molar-refractivity contribution in [3.63, 3.8) is 0 Å². The highest BCUT2D eigenvalue weighted by atomic mass is 32.2. The Morgan fingerprint density at radius 1 is 1.19 bits per heavy atom. The van der Waals surface area contributed by atoms with Crippen molar-refractivity contribution in [1.29, 1.82) is 0 Å². The molecule has 0 aromatic heterocycles. The molecule has 3 rings (SSSR count). The number of nitrogens with zero attached hydrogens (tertiary/aromatic N) is 2. The monoisotopic (exact) mass is 378 g/mol. The minimum atomic E-state index is -0.443. The van der Waals surface area contributed by atoms with Crippen LogP contribution in [0.3, 0.4) is 0 Å². The highest BCUT2D eigenvalue weighted by molar-refractivity contribution is 7.99. The Morgan fingerprint density at radius 3 is 2.69 bits per heavy atom. The molecule has 1 heterocycles. The fraction of sp³-hybridized carbons (Fsp3) is 0.714. The summed E-state index contributed by atoms with van der Waals surface area (Å²) in [6.45, 7) is 4.29. The van der Waals surface area contributed by atoms with Crippen molar-refractivity contribution >= 4 is 11.8 Å². The van der Waals surface area contributed by atoms with Gasteiger partial charge in [0.1, 0.15) is 18.5 Å². The number of likely N-dealkylation sites (N-methyl/N-ethyl adjacent to an activating group) is 1. The number of ether oxygens (including phenoxy) is 1. The van der Waals surface area contributed by atoms with Gasteiger partial charge < -0.3 is 14.7 Å². The van der Waals surface area contributed by atoms with Crippen LogP contribution in [0.15, 0.2) is 24.3 Å². The van der Waals surface area contributed by atoms with E-state index >= 15 is 0 Å². The highest BCUT2D eigenvalue weighted by Crippen LogP contribution is 2.23. The van der Waals surface area contributed by atoms with Crippen LogP contribution in [0.1, 0.15) is 37.7 Å². The molecule has 1 aliphatic carbocycles. The molecule has 0 radical (unpaired) electrons. The first-order valence-electron chi connectivity index (χ1n) is 10.1. The van der Waals surface area contributed by atoms with Gasteiger partial charge in [0.15, 0.2) is 0 Å². The first-order chi connectivity index (χ1) is 12.7. The van der Waals surface area contributed by atoms with Gasteiger partial charge in [-0.1, -0.05) is 37.5 Å². The molecule has 1 aliphatic heterocycles. The van der Waals surface area contributed by atoms with Crippen molar-refractivity contribution in [2.24, 2.45) is 0 Å². The largest absolute Gasteiger partial charge is 0.491 e.